The number of ether oxygens (including phenoxy) is 1. The van der Waals surface area contributed by atoms with Gasteiger partial charge in [-0.2, -0.15) is 0 Å². The number of fused-ring (bicyclic) bond motifs is 1. The monoisotopic (exact) mass is 231 g/mol. The first-order chi connectivity index (χ1) is 8.22. The van der Waals surface area contributed by atoms with Gasteiger partial charge in [-0.3, -0.25) is 10.0 Å². The van der Waals surface area contributed by atoms with Gasteiger partial charge < -0.3 is 4.74 Å². The molecule has 0 bridgehead atoms. The van der Waals surface area contributed by atoms with E-state index in [-0.39, 0.29) is 0 Å². The predicted octanol–water partition coefficient (Wildman–Crippen LogP) is 2.11. The fraction of sp³-hybridized carbons (Fsp3) is 0.154. The number of benzene rings is 2. The van der Waals surface area contributed by atoms with Gasteiger partial charge in [-0.1, -0.05) is 36.4 Å². The van der Waals surface area contributed by atoms with Gasteiger partial charge in [-0.05, 0) is 18.4 Å². The minimum Gasteiger partial charge on any atom is -0.480 e. The van der Waals surface area contributed by atoms with Gasteiger partial charge in [0.2, 0.25) is 0 Å². The van der Waals surface area contributed by atoms with Crippen LogP contribution in [-0.4, -0.2) is 17.2 Å². The average Bonchev–Trinajstić information content (AvgIpc) is 2.38. The largest absolute Gasteiger partial charge is 0.480 e. The smallest absolute Gasteiger partial charge is 0.284 e. The Morgan fingerprint density at radius 1 is 1.24 bits per heavy atom. The van der Waals surface area contributed by atoms with Crippen LogP contribution < -0.4 is 10.2 Å². The Labute approximate surface area is 98.8 Å². The van der Waals surface area contributed by atoms with Gasteiger partial charge >= 0.3 is 0 Å². The van der Waals surface area contributed by atoms with Crippen molar-refractivity contribution in [1.29, 1.82) is 0 Å². The number of hydrogen-bond acceptors (Lipinski definition) is 3. The Hall–Kier alpha value is -2.07. The van der Waals surface area contributed by atoms with Crippen molar-refractivity contribution in [1.82, 2.24) is 5.48 Å². The van der Waals surface area contributed by atoms with Crippen LogP contribution in [-0.2, 0) is 4.79 Å². The molecule has 0 unspecified atom stereocenters. The van der Waals surface area contributed by atoms with E-state index in [4.69, 9.17) is 9.94 Å². The topological polar surface area (TPSA) is 58.6 Å². The number of carbonyl (C=O) groups excluding carboxylic acids is 1. The Morgan fingerprint density at radius 2 is 1.94 bits per heavy atom. The first kappa shape index (κ1) is 11.4. The molecule has 0 aliphatic carbocycles. The fourth-order valence-electron chi connectivity index (χ4n) is 1.63. The number of nitrogens with one attached hydrogen (secondary N) is 1. The van der Waals surface area contributed by atoms with Gasteiger partial charge in [-0.15, -0.1) is 0 Å². The van der Waals surface area contributed by atoms with E-state index in [0.29, 0.717) is 5.75 Å². The summed E-state index contributed by atoms with van der Waals surface area (Å²) in [5, 5.41) is 10.5. The predicted molar refractivity (Wildman–Crippen MR) is 64.0 cm³/mol. The SMILES string of the molecule is C[C@@H](Oc1cccc2ccccc12)C(=O)NO. The number of carbonyl (C=O) groups is 1. The molecular weight excluding hydrogens is 218 g/mol. The summed E-state index contributed by atoms with van der Waals surface area (Å²) in [6.07, 6.45) is -0.745. The molecule has 0 radical (unpaired) electrons. The van der Waals surface area contributed by atoms with Crippen molar-refractivity contribution in [2.75, 3.05) is 0 Å². The van der Waals surface area contributed by atoms with Gasteiger partial charge in [0.1, 0.15) is 5.75 Å². The molecule has 88 valence electrons. The fourth-order valence-corrected chi connectivity index (χ4v) is 1.63. The lowest BCUT2D eigenvalue weighted by atomic mass is 10.1. The van der Waals surface area contributed by atoms with Gasteiger partial charge in [-0.25, -0.2) is 5.48 Å². The summed E-state index contributed by atoms with van der Waals surface area (Å²) < 4.78 is 5.51. The standard InChI is InChI=1S/C13H13NO3/c1-9(13(15)14-16)17-12-8-4-6-10-5-2-3-7-11(10)12/h2-9,16H,1H3,(H,14,15)/t9-/m1/s1. The molecule has 2 rings (SSSR count). The van der Waals surface area contributed by atoms with Crippen LogP contribution in [0.3, 0.4) is 0 Å². The molecule has 0 aliphatic rings. The molecule has 4 nitrogen and oxygen atoms in total. The lowest BCUT2D eigenvalue weighted by Gasteiger charge is -2.14. The molecule has 2 aromatic rings. The van der Waals surface area contributed by atoms with Gasteiger partial charge in [0.25, 0.3) is 5.91 Å². The quantitative estimate of drug-likeness (QED) is 0.628. The minimum atomic E-state index is -0.745. The maximum atomic E-state index is 11.2. The van der Waals surface area contributed by atoms with Crippen molar-refractivity contribution in [2.45, 2.75) is 13.0 Å². The number of hydroxylamine groups is 1. The van der Waals surface area contributed by atoms with E-state index in [1.807, 2.05) is 36.4 Å². The summed E-state index contributed by atoms with van der Waals surface area (Å²) in [7, 11) is 0. The summed E-state index contributed by atoms with van der Waals surface area (Å²) >= 11 is 0. The molecule has 0 spiro atoms. The Kier molecular flexibility index (Phi) is 3.25. The molecule has 1 amide bonds. The lowest BCUT2D eigenvalue weighted by Crippen LogP contribution is -2.34. The van der Waals surface area contributed by atoms with E-state index >= 15 is 0 Å². The highest BCUT2D eigenvalue weighted by atomic mass is 16.5. The van der Waals surface area contributed by atoms with E-state index < -0.39 is 12.0 Å². The van der Waals surface area contributed by atoms with Crippen molar-refractivity contribution in [3.05, 3.63) is 42.5 Å². The van der Waals surface area contributed by atoms with Crippen LogP contribution in [0.15, 0.2) is 42.5 Å². The Bertz CT molecular complexity index is 534. The van der Waals surface area contributed by atoms with Gasteiger partial charge in [0.15, 0.2) is 6.10 Å². The van der Waals surface area contributed by atoms with E-state index in [9.17, 15) is 4.79 Å². The maximum Gasteiger partial charge on any atom is 0.284 e. The molecule has 17 heavy (non-hydrogen) atoms. The highest BCUT2D eigenvalue weighted by Crippen LogP contribution is 2.25. The number of hydrogen-bond donors (Lipinski definition) is 2. The zero-order chi connectivity index (χ0) is 12.3. The van der Waals surface area contributed by atoms with Crippen LogP contribution >= 0.6 is 0 Å². The van der Waals surface area contributed by atoms with Crippen molar-refractivity contribution < 1.29 is 14.7 Å². The summed E-state index contributed by atoms with van der Waals surface area (Å²) in [5.41, 5.74) is 1.57. The summed E-state index contributed by atoms with van der Waals surface area (Å²) in [6.45, 7) is 1.58. The third-order valence-electron chi connectivity index (χ3n) is 2.53. The molecule has 0 saturated carbocycles. The van der Waals surface area contributed by atoms with E-state index in [1.54, 1.807) is 18.5 Å². The maximum absolute atomic E-state index is 11.2. The molecule has 0 saturated heterocycles. The Morgan fingerprint density at radius 3 is 2.71 bits per heavy atom. The van der Waals surface area contributed by atoms with Crippen molar-refractivity contribution in [3.8, 4) is 5.75 Å². The Balaban J connectivity index is 2.33. The first-order valence-corrected chi connectivity index (χ1v) is 5.30. The van der Waals surface area contributed by atoms with Crippen LogP contribution in [0, 0.1) is 0 Å². The second-order valence-corrected chi connectivity index (χ2v) is 3.71. The van der Waals surface area contributed by atoms with E-state index in [0.717, 1.165) is 10.8 Å². The third kappa shape index (κ3) is 2.37. The molecule has 2 N–H and O–H groups in total. The molecule has 0 fully saturated rings. The zero-order valence-corrected chi connectivity index (χ0v) is 9.38. The lowest BCUT2D eigenvalue weighted by molar-refractivity contribution is -0.135. The van der Waals surface area contributed by atoms with Crippen LogP contribution in [0.1, 0.15) is 6.92 Å². The van der Waals surface area contributed by atoms with Crippen molar-refractivity contribution in [2.24, 2.45) is 0 Å². The van der Waals surface area contributed by atoms with Crippen LogP contribution in [0.2, 0.25) is 0 Å². The van der Waals surface area contributed by atoms with Crippen LogP contribution in [0.4, 0.5) is 0 Å². The van der Waals surface area contributed by atoms with E-state index in [1.165, 1.54) is 0 Å². The van der Waals surface area contributed by atoms with E-state index in [2.05, 4.69) is 0 Å². The third-order valence-corrected chi connectivity index (χ3v) is 2.53. The molecule has 4 heteroatoms. The zero-order valence-electron chi connectivity index (χ0n) is 9.38. The minimum absolute atomic E-state index is 0.571. The second kappa shape index (κ2) is 4.84. The highest BCUT2D eigenvalue weighted by Gasteiger charge is 2.14. The number of amides is 1. The first-order valence-electron chi connectivity index (χ1n) is 5.30. The van der Waals surface area contributed by atoms with Crippen LogP contribution in [0.5, 0.6) is 5.75 Å². The molecule has 1 atom stereocenters. The summed E-state index contributed by atoms with van der Waals surface area (Å²) in [6, 6.07) is 13.4. The molecule has 0 aromatic heterocycles. The molecular formula is C13H13NO3. The highest BCUT2D eigenvalue weighted by molar-refractivity contribution is 5.88. The van der Waals surface area contributed by atoms with Crippen LogP contribution in [0.25, 0.3) is 10.8 Å². The average molecular weight is 231 g/mol. The molecule has 0 aliphatic heterocycles. The molecule has 0 heterocycles. The summed E-state index contributed by atoms with van der Waals surface area (Å²) in [4.78, 5) is 11.2. The second-order valence-electron chi connectivity index (χ2n) is 3.71. The van der Waals surface area contributed by atoms with Crippen molar-refractivity contribution >= 4 is 16.7 Å². The van der Waals surface area contributed by atoms with Gasteiger partial charge in [0, 0.05) is 5.39 Å². The normalized spacial score (nSPS) is 12.1. The summed E-state index contributed by atoms with van der Waals surface area (Å²) in [5.74, 6) is 0.0529. The van der Waals surface area contributed by atoms with Gasteiger partial charge in [0.05, 0.1) is 0 Å². The number of rotatable bonds is 3. The van der Waals surface area contributed by atoms with Crippen molar-refractivity contribution in [3.63, 3.8) is 0 Å². The molecule has 2 aromatic carbocycles.